The Balaban J connectivity index is 1.73. The Bertz CT molecular complexity index is 539. The highest BCUT2D eigenvalue weighted by molar-refractivity contribution is 7.13. The van der Waals surface area contributed by atoms with Gasteiger partial charge in [0.05, 0.1) is 11.4 Å². The molecule has 2 atom stereocenters. The second-order valence-corrected chi connectivity index (χ2v) is 6.28. The summed E-state index contributed by atoms with van der Waals surface area (Å²) >= 11 is 1.62. The van der Waals surface area contributed by atoms with E-state index in [1.54, 1.807) is 11.3 Å². The van der Waals surface area contributed by atoms with Crippen LogP contribution in [0.4, 0.5) is 0 Å². The predicted octanol–water partition coefficient (Wildman–Crippen LogP) is 2.50. The maximum absolute atomic E-state index is 5.89. The van der Waals surface area contributed by atoms with Crippen molar-refractivity contribution in [3.63, 3.8) is 0 Å². The molecule has 108 valence electrons. The Morgan fingerprint density at radius 3 is 3.15 bits per heavy atom. The molecule has 0 spiro atoms. The molecule has 1 aliphatic rings. The van der Waals surface area contributed by atoms with Crippen molar-refractivity contribution in [3.8, 4) is 10.7 Å². The van der Waals surface area contributed by atoms with Crippen LogP contribution >= 0.6 is 11.3 Å². The minimum atomic E-state index is 0.427. The first-order chi connectivity index (χ1) is 9.78. The molecule has 0 radical (unpaired) electrons. The van der Waals surface area contributed by atoms with Gasteiger partial charge in [-0.15, -0.1) is 11.3 Å². The molecule has 0 amide bonds. The van der Waals surface area contributed by atoms with Crippen LogP contribution in [0.25, 0.3) is 10.7 Å². The summed E-state index contributed by atoms with van der Waals surface area (Å²) in [6, 6.07) is 4.95. The fourth-order valence-corrected chi connectivity index (χ4v) is 3.51. The van der Waals surface area contributed by atoms with Crippen LogP contribution in [0.2, 0.25) is 0 Å². The second-order valence-electron chi connectivity index (χ2n) is 5.33. The van der Waals surface area contributed by atoms with Crippen molar-refractivity contribution in [1.82, 2.24) is 15.0 Å². The molecule has 2 N–H and O–H groups in total. The number of likely N-dealkylation sites (tertiary alicyclic amines) is 1. The van der Waals surface area contributed by atoms with Gasteiger partial charge in [-0.25, -0.2) is 0 Å². The lowest BCUT2D eigenvalue weighted by atomic mass is 9.96. The van der Waals surface area contributed by atoms with Crippen molar-refractivity contribution in [2.45, 2.75) is 44.8 Å². The molecule has 1 fully saturated rings. The van der Waals surface area contributed by atoms with Gasteiger partial charge in [0.1, 0.15) is 0 Å². The molecule has 6 heteroatoms. The molecule has 3 heterocycles. The van der Waals surface area contributed by atoms with E-state index in [0.29, 0.717) is 36.9 Å². The van der Waals surface area contributed by atoms with Crippen LogP contribution in [0.5, 0.6) is 0 Å². The third kappa shape index (κ3) is 2.77. The van der Waals surface area contributed by atoms with Crippen LogP contribution in [-0.2, 0) is 6.54 Å². The summed E-state index contributed by atoms with van der Waals surface area (Å²) in [4.78, 5) is 7.94. The van der Waals surface area contributed by atoms with Gasteiger partial charge in [-0.1, -0.05) is 17.6 Å². The van der Waals surface area contributed by atoms with Gasteiger partial charge in [-0.2, -0.15) is 4.98 Å². The lowest BCUT2D eigenvalue weighted by Gasteiger charge is -2.39. The van der Waals surface area contributed by atoms with Gasteiger partial charge in [0, 0.05) is 18.6 Å². The Morgan fingerprint density at radius 1 is 1.50 bits per heavy atom. The van der Waals surface area contributed by atoms with Crippen LogP contribution in [0.3, 0.4) is 0 Å². The van der Waals surface area contributed by atoms with E-state index < -0.39 is 0 Å². The van der Waals surface area contributed by atoms with Crippen molar-refractivity contribution in [2.24, 2.45) is 5.73 Å². The predicted molar refractivity (Wildman–Crippen MR) is 79.3 cm³/mol. The lowest BCUT2D eigenvalue weighted by molar-refractivity contribution is 0.0770. The first-order valence-corrected chi connectivity index (χ1v) is 7.98. The molecule has 1 aliphatic heterocycles. The Kier molecular flexibility index (Phi) is 4.14. The van der Waals surface area contributed by atoms with E-state index in [1.807, 2.05) is 17.5 Å². The molecular formula is C14H20N4OS. The van der Waals surface area contributed by atoms with Crippen molar-refractivity contribution < 1.29 is 4.52 Å². The number of thiophene rings is 1. The quantitative estimate of drug-likeness (QED) is 0.937. The fourth-order valence-electron chi connectivity index (χ4n) is 2.86. The standard InChI is InChI=1S/C14H20N4OS/c1-10-4-2-5-11(8-15)18(10)9-13-16-14(17-19-13)12-6-3-7-20-12/h3,6-7,10-11H,2,4-5,8-9,15H2,1H3. The minimum Gasteiger partial charge on any atom is -0.338 e. The van der Waals surface area contributed by atoms with Crippen molar-refractivity contribution >= 4 is 11.3 Å². The summed E-state index contributed by atoms with van der Waals surface area (Å²) in [6.07, 6.45) is 3.62. The van der Waals surface area contributed by atoms with Gasteiger partial charge in [0.15, 0.2) is 0 Å². The molecule has 2 unspecified atom stereocenters. The minimum absolute atomic E-state index is 0.427. The SMILES string of the molecule is CC1CCCC(CN)N1Cc1nc(-c2cccs2)no1. The summed E-state index contributed by atoms with van der Waals surface area (Å²) < 4.78 is 5.40. The van der Waals surface area contributed by atoms with Crippen LogP contribution < -0.4 is 5.73 Å². The van der Waals surface area contributed by atoms with Gasteiger partial charge in [0.2, 0.25) is 11.7 Å². The van der Waals surface area contributed by atoms with Crippen LogP contribution in [0.1, 0.15) is 32.1 Å². The van der Waals surface area contributed by atoms with Crippen LogP contribution in [-0.4, -0.2) is 33.7 Å². The highest BCUT2D eigenvalue weighted by Gasteiger charge is 2.28. The molecule has 0 aliphatic carbocycles. The van der Waals surface area contributed by atoms with Crippen LogP contribution in [0, 0.1) is 0 Å². The topological polar surface area (TPSA) is 68.2 Å². The highest BCUT2D eigenvalue weighted by atomic mass is 32.1. The smallest absolute Gasteiger partial charge is 0.241 e. The van der Waals surface area contributed by atoms with E-state index in [4.69, 9.17) is 10.3 Å². The summed E-state index contributed by atoms with van der Waals surface area (Å²) in [5.74, 6) is 1.37. The maximum Gasteiger partial charge on any atom is 0.241 e. The molecular weight excluding hydrogens is 272 g/mol. The summed E-state index contributed by atoms with van der Waals surface area (Å²) in [5, 5.41) is 6.08. The molecule has 2 aromatic heterocycles. The van der Waals surface area contributed by atoms with Gasteiger partial charge >= 0.3 is 0 Å². The first-order valence-electron chi connectivity index (χ1n) is 7.10. The second kappa shape index (κ2) is 6.03. The zero-order valence-corrected chi connectivity index (χ0v) is 12.5. The van der Waals surface area contributed by atoms with Gasteiger partial charge in [-0.05, 0) is 31.2 Å². The largest absolute Gasteiger partial charge is 0.338 e. The van der Waals surface area contributed by atoms with E-state index in [1.165, 1.54) is 12.8 Å². The number of hydrogen-bond acceptors (Lipinski definition) is 6. The van der Waals surface area contributed by atoms with Crippen molar-refractivity contribution in [1.29, 1.82) is 0 Å². The summed E-state index contributed by atoms with van der Waals surface area (Å²) in [6.45, 7) is 3.63. The third-order valence-corrected chi connectivity index (χ3v) is 4.86. The van der Waals surface area contributed by atoms with E-state index >= 15 is 0 Å². The molecule has 2 aromatic rings. The molecule has 1 saturated heterocycles. The Morgan fingerprint density at radius 2 is 2.40 bits per heavy atom. The molecule has 20 heavy (non-hydrogen) atoms. The first kappa shape index (κ1) is 13.7. The normalized spacial score (nSPS) is 24.1. The summed E-state index contributed by atoms with van der Waals surface area (Å²) in [5.41, 5.74) is 5.89. The van der Waals surface area contributed by atoms with E-state index in [0.717, 1.165) is 11.3 Å². The molecule has 0 bridgehead atoms. The zero-order chi connectivity index (χ0) is 13.9. The number of rotatable bonds is 4. The fraction of sp³-hybridized carbons (Fsp3) is 0.571. The van der Waals surface area contributed by atoms with Crippen molar-refractivity contribution in [3.05, 3.63) is 23.4 Å². The average Bonchev–Trinajstić information content (AvgIpc) is 3.11. The van der Waals surface area contributed by atoms with Crippen molar-refractivity contribution in [2.75, 3.05) is 6.54 Å². The molecule has 3 rings (SSSR count). The van der Waals surface area contributed by atoms with E-state index in [-0.39, 0.29) is 0 Å². The molecule has 0 saturated carbocycles. The van der Waals surface area contributed by atoms with Gasteiger partial charge < -0.3 is 10.3 Å². The van der Waals surface area contributed by atoms with Gasteiger partial charge in [0.25, 0.3) is 0 Å². The Labute approximate surface area is 122 Å². The zero-order valence-electron chi connectivity index (χ0n) is 11.7. The highest BCUT2D eigenvalue weighted by Crippen LogP contribution is 2.25. The number of hydrogen-bond donors (Lipinski definition) is 1. The number of nitrogens with two attached hydrogens (primary N) is 1. The van der Waals surface area contributed by atoms with Crippen LogP contribution in [0.15, 0.2) is 22.0 Å². The number of aromatic nitrogens is 2. The number of piperidine rings is 1. The molecule has 0 aromatic carbocycles. The number of nitrogens with zero attached hydrogens (tertiary/aromatic N) is 3. The average molecular weight is 292 g/mol. The molecule has 5 nitrogen and oxygen atoms in total. The van der Waals surface area contributed by atoms with E-state index in [2.05, 4.69) is 22.0 Å². The summed E-state index contributed by atoms with van der Waals surface area (Å²) in [7, 11) is 0. The van der Waals surface area contributed by atoms with Gasteiger partial charge in [-0.3, -0.25) is 4.90 Å². The lowest BCUT2D eigenvalue weighted by Crippen LogP contribution is -2.48. The van der Waals surface area contributed by atoms with E-state index in [9.17, 15) is 0 Å². The monoisotopic (exact) mass is 292 g/mol. The third-order valence-electron chi connectivity index (χ3n) is 3.99. The maximum atomic E-state index is 5.89. The Hall–Kier alpha value is -1.24.